The quantitative estimate of drug-likeness (QED) is 0.818. The lowest BCUT2D eigenvalue weighted by Gasteiger charge is -2.24. The molecule has 1 saturated heterocycles. The number of anilines is 1. The van der Waals surface area contributed by atoms with Crippen LogP contribution in [0.1, 0.15) is 32.3 Å². The normalized spacial score (nSPS) is 19.5. The molecule has 6 nitrogen and oxygen atoms in total. The molecule has 0 spiro atoms. The van der Waals surface area contributed by atoms with Gasteiger partial charge in [0.2, 0.25) is 5.95 Å². The van der Waals surface area contributed by atoms with E-state index < -0.39 is 35.3 Å². The van der Waals surface area contributed by atoms with Gasteiger partial charge in [0, 0.05) is 31.4 Å². The summed E-state index contributed by atoms with van der Waals surface area (Å²) in [6.45, 7) is 5.85. The second-order valence-corrected chi connectivity index (χ2v) is 7.75. The molecule has 2 radical (unpaired) electrons. The number of amides is 1. The summed E-state index contributed by atoms with van der Waals surface area (Å²) in [4.78, 5) is 22.4. The van der Waals surface area contributed by atoms with Crippen molar-refractivity contribution >= 4 is 25.4 Å². The summed E-state index contributed by atoms with van der Waals surface area (Å²) in [5.74, 6) is -1.20. The maximum atomic E-state index is 14.4. The first kappa shape index (κ1) is 20.0. The number of hydrogen-bond acceptors (Lipinski definition) is 5. The lowest BCUT2D eigenvalue weighted by molar-refractivity contribution is 0.0504. The second kappa shape index (κ2) is 7.73. The fraction of sp³-hybridized carbons (Fsp3) is 0.421. The average molecular weight is 386 g/mol. The van der Waals surface area contributed by atoms with Crippen molar-refractivity contribution in [2.45, 2.75) is 38.3 Å². The van der Waals surface area contributed by atoms with Gasteiger partial charge in [-0.05, 0) is 44.5 Å². The molecule has 2 aromatic rings. The molecule has 1 fully saturated rings. The summed E-state index contributed by atoms with van der Waals surface area (Å²) in [6.07, 6.45) is 2.31. The minimum atomic E-state index is -0.679. The van der Waals surface area contributed by atoms with Crippen LogP contribution in [0.4, 0.5) is 19.5 Å². The van der Waals surface area contributed by atoms with Crippen molar-refractivity contribution in [3.63, 3.8) is 0 Å². The maximum absolute atomic E-state index is 14.4. The fourth-order valence-electron chi connectivity index (χ4n) is 3.18. The highest BCUT2D eigenvalue weighted by Gasteiger charge is 2.38. The summed E-state index contributed by atoms with van der Waals surface area (Å²) in [5.41, 5.74) is -0.0831. The average Bonchev–Trinajstić information content (AvgIpc) is 2.99. The summed E-state index contributed by atoms with van der Waals surface area (Å²) in [6, 6.07) is 2.77. The molecule has 2 heterocycles. The highest BCUT2D eigenvalue weighted by atomic mass is 19.1. The molecular formula is C19H21BF2N4O2. The zero-order valence-corrected chi connectivity index (χ0v) is 15.9. The van der Waals surface area contributed by atoms with Gasteiger partial charge in [-0.2, -0.15) is 0 Å². The number of nitrogens with zero attached hydrogens (tertiary/aromatic N) is 3. The number of hydrogen-bond donors (Lipinski definition) is 1. The molecule has 0 unspecified atom stereocenters. The van der Waals surface area contributed by atoms with E-state index in [0.717, 1.165) is 18.2 Å². The summed E-state index contributed by atoms with van der Waals surface area (Å²) in [5, 5.41) is 2.77. The first-order chi connectivity index (χ1) is 13.1. The number of aromatic nitrogens is 2. The topological polar surface area (TPSA) is 67.4 Å². The lowest BCUT2D eigenvalue weighted by atomic mass is 9.94. The molecule has 9 heteroatoms. The smallest absolute Gasteiger partial charge is 0.407 e. The van der Waals surface area contributed by atoms with Crippen LogP contribution in [0, 0.1) is 11.6 Å². The van der Waals surface area contributed by atoms with Gasteiger partial charge in [0.1, 0.15) is 25.1 Å². The number of rotatable bonds is 3. The van der Waals surface area contributed by atoms with Crippen LogP contribution in [0.5, 0.6) is 0 Å². The number of carbonyl (C=O) groups excluding carboxylic acids is 1. The molecule has 28 heavy (non-hydrogen) atoms. The maximum Gasteiger partial charge on any atom is 0.407 e. The van der Waals surface area contributed by atoms with Gasteiger partial charge in [-0.15, -0.1) is 0 Å². The Morgan fingerprint density at radius 1 is 1.25 bits per heavy atom. The zero-order chi connectivity index (χ0) is 20.5. The Hall–Kier alpha value is -2.71. The summed E-state index contributed by atoms with van der Waals surface area (Å²) >= 11 is 0. The molecule has 3 rings (SSSR count). The van der Waals surface area contributed by atoms with E-state index in [1.54, 1.807) is 25.7 Å². The predicted octanol–water partition coefficient (Wildman–Crippen LogP) is 2.05. The van der Waals surface area contributed by atoms with Gasteiger partial charge >= 0.3 is 6.09 Å². The van der Waals surface area contributed by atoms with Gasteiger partial charge < -0.3 is 15.0 Å². The second-order valence-electron chi connectivity index (χ2n) is 7.75. The van der Waals surface area contributed by atoms with Crippen molar-refractivity contribution in [2.75, 3.05) is 18.0 Å². The standard InChI is InChI=1S/C19H21BF2N4O2/c1-19(2,3)28-18(27)25-16-10-26(17-23-7-11(20)8-24-17)9-14(16)13-6-12(21)4-5-15(13)22/h4-8,14,16H,9-10H2,1-3H3,(H,25,27)/t14-,16+/m1/s1. The molecular weight excluding hydrogens is 365 g/mol. The molecule has 2 atom stereocenters. The van der Waals surface area contributed by atoms with Crippen LogP contribution in [0.15, 0.2) is 30.6 Å². The number of ether oxygens (including phenoxy) is 1. The van der Waals surface area contributed by atoms with E-state index in [1.165, 1.54) is 12.4 Å². The molecule has 1 aromatic heterocycles. The van der Waals surface area contributed by atoms with Crippen molar-refractivity contribution in [1.29, 1.82) is 0 Å². The van der Waals surface area contributed by atoms with Gasteiger partial charge in [0.05, 0.1) is 6.04 Å². The van der Waals surface area contributed by atoms with Gasteiger partial charge in [-0.3, -0.25) is 0 Å². The molecule has 1 aromatic carbocycles. The highest BCUT2D eigenvalue weighted by molar-refractivity contribution is 6.31. The van der Waals surface area contributed by atoms with Crippen LogP contribution in [0.3, 0.4) is 0 Å². The van der Waals surface area contributed by atoms with Gasteiger partial charge in [-0.25, -0.2) is 23.5 Å². The van der Waals surface area contributed by atoms with Gasteiger partial charge in [0.25, 0.3) is 0 Å². The molecule has 1 N–H and O–H groups in total. The Labute approximate surface area is 163 Å². The molecule has 1 amide bonds. The Balaban J connectivity index is 1.87. The van der Waals surface area contributed by atoms with E-state index >= 15 is 0 Å². The molecule has 1 aliphatic rings. The third-order valence-electron chi connectivity index (χ3n) is 4.32. The Kier molecular flexibility index (Phi) is 5.53. The van der Waals surface area contributed by atoms with Gasteiger partial charge in [-0.1, -0.05) is 5.46 Å². The third-order valence-corrected chi connectivity index (χ3v) is 4.32. The number of halogens is 2. The first-order valence-corrected chi connectivity index (χ1v) is 8.89. The van der Waals surface area contributed by atoms with Crippen LogP contribution in [-0.4, -0.2) is 48.6 Å². The minimum absolute atomic E-state index is 0.180. The van der Waals surface area contributed by atoms with Crippen LogP contribution in [0.25, 0.3) is 0 Å². The lowest BCUT2D eigenvalue weighted by Crippen LogP contribution is -2.43. The summed E-state index contributed by atoms with van der Waals surface area (Å²) < 4.78 is 33.5. The van der Waals surface area contributed by atoms with Crippen molar-refractivity contribution in [3.05, 3.63) is 47.8 Å². The van der Waals surface area contributed by atoms with Crippen LogP contribution >= 0.6 is 0 Å². The first-order valence-electron chi connectivity index (χ1n) is 8.89. The number of alkyl carbamates (subject to hydrolysis) is 1. The Morgan fingerprint density at radius 2 is 1.93 bits per heavy atom. The molecule has 1 aliphatic heterocycles. The van der Waals surface area contributed by atoms with Gasteiger partial charge in [0.15, 0.2) is 0 Å². The van der Waals surface area contributed by atoms with Crippen molar-refractivity contribution in [3.8, 4) is 0 Å². The molecule has 0 saturated carbocycles. The number of benzene rings is 1. The van der Waals surface area contributed by atoms with E-state index in [0.29, 0.717) is 24.5 Å². The van der Waals surface area contributed by atoms with Crippen LogP contribution < -0.4 is 15.7 Å². The number of nitrogens with one attached hydrogen (secondary N) is 1. The minimum Gasteiger partial charge on any atom is -0.444 e. The van der Waals surface area contributed by atoms with E-state index in [4.69, 9.17) is 12.6 Å². The van der Waals surface area contributed by atoms with E-state index in [2.05, 4.69) is 15.3 Å². The number of carbonyl (C=O) groups is 1. The van der Waals surface area contributed by atoms with Crippen molar-refractivity contribution < 1.29 is 18.3 Å². The Morgan fingerprint density at radius 3 is 2.57 bits per heavy atom. The van der Waals surface area contributed by atoms with Crippen molar-refractivity contribution in [2.24, 2.45) is 0 Å². The SMILES string of the molecule is [B]c1cnc(N2C[C@H](NC(=O)OC(C)(C)C)[C@@H](c3cc(F)ccc3F)C2)nc1. The van der Waals surface area contributed by atoms with E-state index in [-0.39, 0.29) is 5.56 Å². The third kappa shape index (κ3) is 4.77. The highest BCUT2D eigenvalue weighted by Crippen LogP contribution is 2.32. The van der Waals surface area contributed by atoms with E-state index in [1.807, 2.05) is 0 Å². The molecule has 0 bridgehead atoms. The summed E-state index contributed by atoms with van der Waals surface area (Å²) in [7, 11) is 5.62. The van der Waals surface area contributed by atoms with Crippen LogP contribution in [0.2, 0.25) is 0 Å². The monoisotopic (exact) mass is 386 g/mol. The molecule has 146 valence electrons. The fourth-order valence-corrected chi connectivity index (χ4v) is 3.18. The van der Waals surface area contributed by atoms with E-state index in [9.17, 15) is 13.6 Å². The molecule has 0 aliphatic carbocycles. The predicted molar refractivity (Wildman–Crippen MR) is 102 cm³/mol. The van der Waals surface area contributed by atoms with Crippen molar-refractivity contribution in [1.82, 2.24) is 15.3 Å². The largest absolute Gasteiger partial charge is 0.444 e. The Bertz CT molecular complexity index is 858. The zero-order valence-electron chi connectivity index (χ0n) is 15.9. The van der Waals surface area contributed by atoms with Crippen LogP contribution in [-0.2, 0) is 4.74 Å².